The lowest BCUT2D eigenvalue weighted by Crippen LogP contribution is -2.01. The number of H-pyrrole nitrogens is 1. The van der Waals surface area contributed by atoms with E-state index in [0.29, 0.717) is 17.3 Å². The fraction of sp³-hybridized carbons (Fsp3) is 0.0714. The fourth-order valence-corrected chi connectivity index (χ4v) is 1.70. The number of rotatable bonds is 2. The van der Waals surface area contributed by atoms with E-state index in [-0.39, 0.29) is 5.56 Å². The van der Waals surface area contributed by atoms with Crippen molar-refractivity contribution in [2.24, 2.45) is 0 Å². The minimum atomic E-state index is -0.165. The van der Waals surface area contributed by atoms with E-state index in [0.717, 1.165) is 5.56 Å². The predicted molar refractivity (Wildman–Crippen MR) is 70.5 cm³/mol. The van der Waals surface area contributed by atoms with Crippen molar-refractivity contribution in [3.63, 3.8) is 0 Å². The molecule has 0 spiro atoms. The molecule has 0 atom stereocenters. The monoisotopic (exact) mass is 253 g/mol. The molecule has 0 aliphatic rings. The average Bonchev–Trinajstić information content (AvgIpc) is 2.90. The standard InChI is InChI=1S/C14H11N3O2/c1-9-2-4-10(5-3-9)13-16-14(19-17-13)11-6-7-12(18)15-8-11/h2-8H,1H3,(H,15,18). The van der Waals surface area contributed by atoms with E-state index in [1.165, 1.54) is 11.6 Å². The van der Waals surface area contributed by atoms with E-state index in [4.69, 9.17) is 4.52 Å². The van der Waals surface area contributed by atoms with Crippen molar-refractivity contribution in [3.05, 3.63) is 58.5 Å². The zero-order chi connectivity index (χ0) is 13.2. The van der Waals surface area contributed by atoms with Gasteiger partial charge in [0.25, 0.3) is 5.89 Å². The smallest absolute Gasteiger partial charge is 0.259 e. The van der Waals surface area contributed by atoms with Gasteiger partial charge in [0, 0.05) is 17.8 Å². The van der Waals surface area contributed by atoms with Gasteiger partial charge in [0.2, 0.25) is 11.4 Å². The Morgan fingerprint density at radius 2 is 1.79 bits per heavy atom. The Morgan fingerprint density at radius 1 is 1.05 bits per heavy atom. The van der Waals surface area contributed by atoms with Crippen LogP contribution in [0.3, 0.4) is 0 Å². The van der Waals surface area contributed by atoms with Gasteiger partial charge in [-0.1, -0.05) is 35.0 Å². The molecule has 0 saturated heterocycles. The molecular formula is C14H11N3O2. The van der Waals surface area contributed by atoms with Gasteiger partial charge in [-0.2, -0.15) is 4.98 Å². The third-order valence-corrected chi connectivity index (χ3v) is 2.77. The molecule has 19 heavy (non-hydrogen) atoms. The predicted octanol–water partition coefficient (Wildman–Crippen LogP) is 2.40. The van der Waals surface area contributed by atoms with Gasteiger partial charge in [0.05, 0.1) is 5.56 Å². The number of benzene rings is 1. The molecular weight excluding hydrogens is 242 g/mol. The second-order valence-electron chi connectivity index (χ2n) is 4.23. The van der Waals surface area contributed by atoms with E-state index in [1.54, 1.807) is 12.3 Å². The molecule has 0 aliphatic heterocycles. The topological polar surface area (TPSA) is 71.8 Å². The second-order valence-corrected chi connectivity index (χ2v) is 4.23. The summed E-state index contributed by atoms with van der Waals surface area (Å²) in [6, 6.07) is 10.9. The molecule has 0 bridgehead atoms. The van der Waals surface area contributed by atoms with Crippen LogP contribution in [-0.2, 0) is 0 Å². The lowest BCUT2D eigenvalue weighted by molar-refractivity contribution is 0.432. The summed E-state index contributed by atoms with van der Waals surface area (Å²) in [5.74, 6) is 0.910. The number of pyridine rings is 1. The van der Waals surface area contributed by atoms with Crippen molar-refractivity contribution in [1.82, 2.24) is 15.1 Å². The maximum absolute atomic E-state index is 11.0. The Kier molecular flexibility index (Phi) is 2.72. The van der Waals surface area contributed by atoms with Crippen molar-refractivity contribution in [2.45, 2.75) is 6.92 Å². The highest BCUT2D eigenvalue weighted by atomic mass is 16.5. The number of hydrogen-bond acceptors (Lipinski definition) is 4. The molecule has 0 radical (unpaired) electrons. The first-order chi connectivity index (χ1) is 9.22. The van der Waals surface area contributed by atoms with Gasteiger partial charge in [-0.25, -0.2) is 0 Å². The Labute approximate surface area is 108 Å². The van der Waals surface area contributed by atoms with Crippen LogP contribution in [0, 0.1) is 6.92 Å². The lowest BCUT2D eigenvalue weighted by Gasteiger charge is -1.94. The third kappa shape index (κ3) is 2.30. The van der Waals surface area contributed by atoms with Crippen molar-refractivity contribution in [3.8, 4) is 22.8 Å². The van der Waals surface area contributed by atoms with Crippen LogP contribution in [0.5, 0.6) is 0 Å². The Balaban J connectivity index is 1.97. The highest BCUT2D eigenvalue weighted by molar-refractivity contribution is 5.59. The molecule has 2 aromatic heterocycles. The molecule has 3 rings (SSSR count). The van der Waals surface area contributed by atoms with Crippen LogP contribution in [0.25, 0.3) is 22.8 Å². The largest absolute Gasteiger partial charge is 0.334 e. The van der Waals surface area contributed by atoms with E-state index in [1.807, 2.05) is 31.2 Å². The maximum Gasteiger partial charge on any atom is 0.259 e. The van der Waals surface area contributed by atoms with Crippen LogP contribution in [0.15, 0.2) is 51.9 Å². The molecule has 0 saturated carbocycles. The number of aryl methyl sites for hydroxylation is 1. The molecule has 0 fully saturated rings. The first-order valence-corrected chi connectivity index (χ1v) is 5.82. The van der Waals surface area contributed by atoms with E-state index in [2.05, 4.69) is 15.1 Å². The van der Waals surface area contributed by atoms with Crippen LogP contribution >= 0.6 is 0 Å². The molecule has 5 nitrogen and oxygen atoms in total. The maximum atomic E-state index is 11.0. The minimum Gasteiger partial charge on any atom is -0.334 e. The Hall–Kier alpha value is -2.69. The van der Waals surface area contributed by atoms with E-state index < -0.39 is 0 Å². The number of aromatic amines is 1. The normalized spacial score (nSPS) is 10.6. The lowest BCUT2D eigenvalue weighted by atomic mass is 10.1. The fourth-order valence-electron chi connectivity index (χ4n) is 1.70. The average molecular weight is 253 g/mol. The first-order valence-electron chi connectivity index (χ1n) is 5.82. The first kappa shape index (κ1) is 11.4. The summed E-state index contributed by atoms with van der Waals surface area (Å²) in [6.45, 7) is 2.02. The highest BCUT2D eigenvalue weighted by Crippen LogP contribution is 2.21. The van der Waals surface area contributed by atoms with Crippen LogP contribution in [-0.4, -0.2) is 15.1 Å². The minimum absolute atomic E-state index is 0.165. The summed E-state index contributed by atoms with van der Waals surface area (Å²) < 4.78 is 5.19. The number of hydrogen-bond donors (Lipinski definition) is 1. The molecule has 94 valence electrons. The van der Waals surface area contributed by atoms with Gasteiger partial charge in [-0.15, -0.1) is 0 Å². The van der Waals surface area contributed by atoms with Crippen molar-refractivity contribution in [1.29, 1.82) is 0 Å². The summed E-state index contributed by atoms with van der Waals surface area (Å²) in [4.78, 5) is 17.9. The highest BCUT2D eigenvalue weighted by Gasteiger charge is 2.10. The van der Waals surface area contributed by atoms with Gasteiger partial charge in [0.15, 0.2) is 0 Å². The summed E-state index contributed by atoms with van der Waals surface area (Å²) >= 11 is 0. The number of nitrogens with zero attached hydrogens (tertiary/aromatic N) is 2. The van der Waals surface area contributed by atoms with Crippen molar-refractivity contribution in [2.75, 3.05) is 0 Å². The Morgan fingerprint density at radius 3 is 2.47 bits per heavy atom. The summed E-state index contributed by atoms with van der Waals surface area (Å²) in [5, 5.41) is 3.94. The zero-order valence-corrected chi connectivity index (χ0v) is 10.3. The van der Waals surface area contributed by atoms with Gasteiger partial charge < -0.3 is 9.51 Å². The second kappa shape index (κ2) is 4.53. The number of nitrogens with one attached hydrogen (secondary N) is 1. The molecule has 0 unspecified atom stereocenters. The molecule has 0 aliphatic carbocycles. The number of aromatic nitrogens is 3. The molecule has 5 heteroatoms. The SMILES string of the molecule is Cc1ccc(-c2noc(-c3ccc(=O)[nH]c3)n2)cc1. The van der Waals surface area contributed by atoms with Crippen LogP contribution in [0.1, 0.15) is 5.56 Å². The van der Waals surface area contributed by atoms with Crippen LogP contribution in [0.2, 0.25) is 0 Å². The van der Waals surface area contributed by atoms with E-state index >= 15 is 0 Å². The Bertz CT molecular complexity index is 736. The van der Waals surface area contributed by atoms with Gasteiger partial charge >= 0.3 is 0 Å². The molecule has 0 amide bonds. The van der Waals surface area contributed by atoms with Crippen LogP contribution < -0.4 is 5.56 Å². The van der Waals surface area contributed by atoms with E-state index in [9.17, 15) is 4.79 Å². The van der Waals surface area contributed by atoms with Crippen molar-refractivity contribution < 1.29 is 4.52 Å². The molecule has 1 N–H and O–H groups in total. The summed E-state index contributed by atoms with van der Waals surface area (Å²) in [5.41, 5.74) is 2.59. The van der Waals surface area contributed by atoms with Gasteiger partial charge in [-0.05, 0) is 13.0 Å². The summed E-state index contributed by atoms with van der Waals surface area (Å²) in [6.07, 6.45) is 1.55. The van der Waals surface area contributed by atoms with Gasteiger partial charge in [0.1, 0.15) is 0 Å². The van der Waals surface area contributed by atoms with Gasteiger partial charge in [-0.3, -0.25) is 4.79 Å². The third-order valence-electron chi connectivity index (χ3n) is 2.77. The molecule has 3 aromatic rings. The van der Waals surface area contributed by atoms with Crippen LogP contribution in [0.4, 0.5) is 0 Å². The quantitative estimate of drug-likeness (QED) is 0.761. The molecule has 1 aromatic carbocycles. The summed E-state index contributed by atoms with van der Waals surface area (Å²) in [7, 11) is 0. The zero-order valence-electron chi connectivity index (χ0n) is 10.3. The van der Waals surface area contributed by atoms with Crippen molar-refractivity contribution >= 4 is 0 Å². The molecule has 2 heterocycles.